The minimum absolute atomic E-state index is 0. The third-order valence-corrected chi connectivity index (χ3v) is 2.08. The maximum absolute atomic E-state index is 11.1. The van der Waals surface area contributed by atoms with E-state index in [1.54, 1.807) is 0 Å². The van der Waals surface area contributed by atoms with Crippen LogP contribution in [0.1, 0.15) is 13.9 Å². The van der Waals surface area contributed by atoms with Crippen molar-refractivity contribution in [3.8, 4) is 0 Å². The Morgan fingerprint density at radius 1 is 1.50 bits per heavy atom. The molecule has 3 nitrogen and oxygen atoms in total. The molecule has 0 bridgehead atoms. The van der Waals surface area contributed by atoms with E-state index in [1.165, 1.54) is 0 Å². The number of benzene rings is 1. The van der Waals surface area contributed by atoms with Gasteiger partial charge in [0.05, 0.1) is 6.04 Å². The molecule has 3 N–H and O–H groups in total. The molecule has 0 aromatic heterocycles. The minimum atomic E-state index is -0.296. The molecule has 1 rings (SSSR count). The van der Waals surface area contributed by atoms with Crippen LogP contribution in [-0.4, -0.2) is 18.5 Å². The largest absolute Gasteiger partial charge is 0.368 e. The van der Waals surface area contributed by atoms with Gasteiger partial charge in [-0.05, 0) is 18.5 Å². The highest BCUT2D eigenvalue weighted by molar-refractivity contribution is 5.80. The van der Waals surface area contributed by atoms with Gasteiger partial charge in [-0.1, -0.05) is 37.3 Å². The summed E-state index contributed by atoms with van der Waals surface area (Å²) < 4.78 is 0. The molecule has 0 radical (unpaired) electrons. The van der Waals surface area contributed by atoms with Gasteiger partial charge < -0.3 is 11.1 Å². The maximum atomic E-state index is 11.1. The highest BCUT2D eigenvalue weighted by Crippen LogP contribution is 2.02. The summed E-state index contributed by atoms with van der Waals surface area (Å²) in [6, 6.07) is 9.59. The third-order valence-electron chi connectivity index (χ3n) is 2.08. The van der Waals surface area contributed by atoms with Crippen molar-refractivity contribution < 1.29 is 6.22 Å². The van der Waals surface area contributed by atoms with Crippen LogP contribution in [0.3, 0.4) is 0 Å². The van der Waals surface area contributed by atoms with Crippen molar-refractivity contribution in [2.24, 2.45) is 5.73 Å². The van der Waals surface area contributed by atoms with Crippen LogP contribution in [0, 0.1) is 0 Å². The molecule has 0 spiro atoms. The molecule has 1 atom stereocenters. The molecule has 1 aromatic carbocycles. The molecule has 0 saturated carbocycles. The monoisotopic (exact) mass is 194 g/mol. The number of primary amides is 1. The number of likely N-dealkylation sites (N-methyl/N-ethyl adjacent to an activating group) is 1. The predicted molar refractivity (Wildman–Crippen MR) is 58.9 cm³/mol. The summed E-state index contributed by atoms with van der Waals surface area (Å²) in [4.78, 5) is 11.1. The smallest absolute Gasteiger partial charge is 0.234 e. The number of hydrogen-bond acceptors (Lipinski definition) is 2. The van der Waals surface area contributed by atoms with Crippen LogP contribution < -0.4 is 11.1 Å². The summed E-state index contributed by atoms with van der Waals surface area (Å²) in [5.41, 5.74) is 6.39. The number of nitrogens with one attached hydrogen (secondary N) is 1. The van der Waals surface area contributed by atoms with E-state index in [0.717, 1.165) is 12.1 Å². The first kappa shape index (κ1) is 10.7. The third kappa shape index (κ3) is 3.18. The highest BCUT2D eigenvalue weighted by atomic mass is 16.1. The molecule has 1 amide bonds. The van der Waals surface area contributed by atoms with E-state index in [1.807, 2.05) is 37.3 Å². The Hall–Kier alpha value is -1.35. The van der Waals surface area contributed by atoms with E-state index in [2.05, 4.69) is 5.32 Å². The maximum Gasteiger partial charge on any atom is 0.234 e. The van der Waals surface area contributed by atoms with Crippen molar-refractivity contribution in [2.75, 3.05) is 6.54 Å². The fourth-order valence-corrected chi connectivity index (χ4v) is 1.37. The Morgan fingerprint density at radius 3 is 2.64 bits per heavy atom. The lowest BCUT2D eigenvalue weighted by Crippen LogP contribution is -2.42. The lowest BCUT2D eigenvalue weighted by Gasteiger charge is -2.13. The second-order valence-corrected chi connectivity index (χ2v) is 3.20. The lowest BCUT2D eigenvalue weighted by molar-refractivity contribution is -0.120. The number of amides is 1. The fourth-order valence-electron chi connectivity index (χ4n) is 1.37. The summed E-state index contributed by atoms with van der Waals surface area (Å²) >= 11 is 0. The first-order valence-electron chi connectivity index (χ1n) is 4.80. The molecule has 0 saturated heterocycles. The van der Waals surface area contributed by atoms with E-state index in [9.17, 15) is 4.79 Å². The minimum Gasteiger partial charge on any atom is -0.368 e. The average Bonchev–Trinajstić information content (AvgIpc) is 2.18. The van der Waals surface area contributed by atoms with Gasteiger partial charge in [0.1, 0.15) is 0 Å². The van der Waals surface area contributed by atoms with E-state index >= 15 is 0 Å². The van der Waals surface area contributed by atoms with Gasteiger partial charge in [-0.15, -0.1) is 0 Å². The van der Waals surface area contributed by atoms with Crippen molar-refractivity contribution in [1.82, 2.24) is 5.32 Å². The zero-order valence-electron chi connectivity index (χ0n) is 8.36. The van der Waals surface area contributed by atoms with Gasteiger partial charge in [0.2, 0.25) is 5.91 Å². The van der Waals surface area contributed by atoms with E-state index in [4.69, 9.17) is 5.73 Å². The fraction of sp³-hybridized carbons (Fsp3) is 0.364. The molecule has 3 heteroatoms. The van der Waals surface area contributed by atoms with Gasteiger partial charge in [-0.25, -0.2) is 0 Å². The molecule has 0 aliphatic carbocycles. The molecular weight excluding hydrogens is 176 g/mol. The Labute approximate surface area is 85.8 Å². The zero-order chi connectivity index (χ0) is 10.4. The van der Waals surface area contributed by atoms with Crippen LogP contribution >= 0.6 is 0 Å². The molecule has 0 unspecified atom stereocenters. The number of carbonyl (C=O) groups is 1. The molecule has 14 heavy (non-hydrogen) atoms. The summed E-state index contributed by atoms with van der Waals surface area (Å²) in [6.45, 7) is 2.71. The molecular formula is C11H18N2O. The van der Waals surface area contributed by atoms with Crippen LogP contribution in [0.2, 0.25) is 0 Å². The molecule has 0 aliphatic rings. The molecule has 0 heterocycles. The second-order valence-electron chi connectivity index (χ2n) is 3.20. The zero-order valence-corrected chi connectivity index (χ0v) is 8.36. The van der Waals surface area contributed by atoms with Crippen molar-refractivity contribution in [2.45, 2.75) is 19.4 Å². The normalized spacial score (nSPS) is 12.4. The summed E-state index contributed by atoms with van der Waals surface area (Å²) in [6.07, 6.45) is 0.657. The Balaban J connectivity index is 0.00000196. The van der Waals surface area contributed by atoms with Crippen molar-refractivity contribution >= 4 is 5.91 Å². The summed E-state index contributed by atoms with van der Waals surface area (Å²) in [5.74, 6) is -0.296. The average molecular weight is 194 g/mol. The predicted octanol–water partition coefficient (Wildman–Crippen LogP) is 0.938. The van der Waals surface area contributed by atoms with Crippen molar-refractivity contribution in [3.63, 3.8) is 0 Å². The first-order chi connectivity index (χ1) is 6.74. The number of carbonyl (C=O) groups excluding carboxylic acids is 1. The van der Waals surface area contributed by atoms with Gasteiger partial charge >= 0.3 is 0 Å². The molecule has 0 aliphatic heterocycles. The first-order valence-corrected chi connectivity index (χ1v) is 4.80. The molecule has 78 valence electrons. The summed E-state index contributed by atoms with van der Waals surface area (Å²) in [5, 5.41) is 3.06. The lowest BCUT2D eigenvalue weighted by atomic mass is 10.1. The van der Waals surface area contributed by atoms with Crippen molar-refractivity contribution in [3.05, 3.63) is 35.9 Å². The Morgan fingerprint density at radius 2 is 2.14 bits per heavy atom. The summed E-state index contributed by atoms with van der Waals surface area (Å²) in [7, 11) is 0. The van der Waals surface area contributed by atoms with Crippen LogP contribution in [-0.2, 0) is 11.2 Å². The van der Waals surface area contributed by atoms with Crippen LogP contribution in [0.15, 0.2) is 30.3 Å². The molecule has 1 aromatic rings. The standard InChI is InChI=1S/C11H16N2O.H2/c1-2-13-10(11(12)14)8-9-6-4-3-5-7-9;/h3-7,10,13H,2,8H2,1H3,(H2,12,14);1H/t10-;/m0./s1. The van der Waals surface area contributed by atoms with Crippen LogP contribution in [0.4, 0.5) is 0 Å². The second kappa shape index (κ2) is 5.40. The highest BCUT2D eigenvalue weighted by Gasteiger charge is 2.13. The van der Waals surface area contributed by atoms with Crippen molar-refractivity contribution in [1.29, 1.82) is 0 Å². The SMILES string of the molecule is CCN[C@@H](Cc1ccccc1)C(N)=O.[HH]. The quantitative estimate of drug-likeness (QED) is 0.733. The number of hydrogen-bond donors (Lipinski definition) is 2. The van der Waals surface area contributed by atoms with Gasteiger partial charge in [-0.2, -0.15) is 0 Å². The molecule has 0 fully saturated rings. The van der Waals surface area contributed by atoms with Crippen LogP contribution in [0.25, 0.3) is 0 Å². The number of nitrogens with two attached hydrogens (primary N) is 1. The van der Waals surface area contributed by atoms with Crippen LogP contribution in [0.5, 0.6) is 0 Å². The Bertz CT molecular complexity index is 290. The van der Waals surface area contributed by atoms with E-state index in [-0.39, 0.29) is 13.4 Å². The topological polar surface area (TPSA) is 55.1 Å². The van der Waals surface area contributed by atoms with Gasteiger partial charge in [0.25, 0.3) is 0 Å². The van der Waals surface area contributed by atoms with Gasteiger partial charge in [0, 0.05) is 1.43 Å². The van der Waals surface area contributed by atoms with Gasteiger partial charge in [0.15, 0.2) is 0 Å². The Kier molecular flexibility index (Phi) is 4.13. The van der Waals surface area contributed by atoms with E-state index in [0.29, 0.717) is 6.42 Å². The number of rotatable bonds is 5. The van der Waals surface area contributed by atoms with E-state index < -0.39 is 0 Å². The van der Waals surface area contributed by atoms with Gasteiger partial charge in [-0.3, -0.25) is 4.79 Å².